The van der Waals surface area contributed by atoms with E-state index in [0.29, 0.717) is 18.5 Å². The monoisotopic (exact) mass is 449 g/mol. The average molecular weight is 449 g/mol. The van der Waals surface area contributed by atoms with Gasteiger partial charge in [-0.05, 0) is 24.3 Å². The van der Waals surface area contributed by atoms with E-state index >= 15 is 0 Å². The van der Waals surface area contributed by atoms with E-state index < -0.39 is 13.4 Å². The zero-order valence-electron chi connectivity index (χ0n) is 16.6. The van der Waals surface area contributed by atoms with Gasteiger partial charge in [0.1, 0.15) is 0 Å². The Bertz CT molecular complexity index is 1150. The van der Waals surface area contributed by atoms with Gasteiger partial charge in [0.05, 0.1) is 19.5 Å². The summed E-state index contributed by atoms with van der Waals surface area (Å²) in [5.74, 6) is -0.453. The van der Waals surface area contributed by atoms with Crippen molar-refractivity contribution in [2.75, 3.05) is 25.6 Å². The van der Waals surface area contributed by atoms with Gasteiger partial charge in [0.15, 0.2) is 11.2 Å². The molecular weight excluding hydrogens is 425 g/mol. The Morgan fingerprint density at radius 3 is 2.81 bits per heavy atom. The molecule has 0 bridgehead atoms. The first-order chi connectivity index (χ1) is 14.9. The molecule has 0 spiro atoms. The third-order valence-corrected chi connectivity index (χ3v) is 6.59. The summed E-state index contributed by atoms with van der Waals surface area (Å²) in [4.78, 5) is 32.7. The normalized spacial score (nSPS) is 22.8. The number of aliphatic hydroxyl groups is 1. The number of phosphoric acid groups is 1. The lowest BCUT2D eigenvalue weighted by Crippen LogP contribution is -2.43. The second-order valence-electron chi connectivity index (χ2n) is 7.52. The fourth-order valence-corrected chi connectivity index (χ4v) is 4.64. The molecule has 166 valence electrons. The number of anilines is 1. The van der Waals surface area contributed by atoms with E-state index in [1.54, 1.807) is 4.57 Å². The standard InChI is InChI=1S/C19H24N5O6P/c20-19-22-17-16(18(26)23-19)21-11-24(17)15-8-13(9-25)14(15)10-30-31(27,28)29-7-6-12-4-2-1-3-5-12/h1-5,11,13-15,25H,6-10H2,(H,27,28)(H3,20,22,23,26)/t13-,14-,15-/m1/s1. The van der Waals surface area contributed by atoms with Gasteiger partial charge in [0.25, 0.3) is 5.56 Å². The predicted molar refractivity (Wildman–Crippen MR) is 112 cm³/mol. The van der Waals surface area contributed by atoms with Crippen LogP contribution in [0.25, 0.3) is 11.2 Å². The lowest BCUT2D eigenvalue weighted by atomic mass is 9.70. The molecule has 12 heteroatoms. The highest BCUT2D eigenvalue weighted by Crippen LogP contribution is 2.49. The number of imidazole rings is 1. The van der Waals surface area contributed by atoms with E-state index in [2.05, 4.69) is 15.0 Å². The Balaban J connectivity index is 1.41. The van der Waals surface area contributed by atoms with Gasteiger partial charge in [-0.25, -0.2) is 9.55 Å². The van der Waals surface area contributed by atoms with Crippen LogP contribution in [0.2, 0.25) is 0 Å². The molecular formula is C19H24N5O6P. The lowest BCUT2D eigenvalue weighted by Gasteiger charge is -2.44. The van der Waals surface area contributed by atoms with Crippen molar-refractivity contribution in [3.05, 3.63) is 52.6 Å². The minimum absolute atomic E-state index is 0.0308. The molecule has 0 saturated heterocycles. The zero-order valence-corrected chi connectivity index (χ0v) is 17.5. The fourth-order valence-electron chi connectivity index (χ4n) is 3.88. The minimum atomic E-state index is -4.26. The number of H-pyrrole nitrogens is 1. The number of nitrogens with two attached hydrogens (primary N) is 1. The number of nitrogens with one attached hydrogen (secondary N) is 1. The van der Waals surface area contributed by atoms with Crippen molar-refractivity contribution < 1.29 is 23.6 Å². The van der Waals surface area contributed by atoms with Crippen molar-refractivity contribution in [3.8, 4) is 0 Å². The van der Waals surface area contributed by atoms with Crippen molar-refractivity contribution in [3.63, 3.8) is 0 Å². The van der Waals surface area contributed by atoms with Gasteiger partial charge in [-0.1, -0.05) is 30.3 Å². The van der Waals surface area contributed by atoms with Crippen molar-refractivity contribution in [2.24, 2.45) is 11.8 Å². The lowest BCUT2D eigenvalue weighted by molar-refractivity contribution is -0.00809. The molecule has 5 N–H and O–H groups in total. The highest BCUT2D eigenvalue weighted by Gasteiger charge is 2.44. The Morgan fingerprint density at radius 1 is 1.29 bits per heavy atom. The number of nitrogen functional groups attached to an aromatic ring is 1. The molecule has 0 aliphatic heterocycles. The largest absolute Gasteiger partial charge is 0.472 e. The highest BCUT2D eigenvalue weighted by atomic mass is 31.2. The SMILES string of the molecule is Nc1nc2c(ncn2[C@@H]2C[C@H](CO)[C@H]2COP(=O)(O)OCCc2ccccc2)c(=O)[nH]1. The zero-order chi connectivity index (χ0) is 22.0. The van der Waals surface area contributed by atoms with Crippen molar-refractivity contribution in [2.45, 2.75) is 18.9 Å². The number of aromatic amines is 1. The Kier molecular flexibility index (Phi) is 6.22. The molecule has 3 aromatic rings. The minimum Gasteiger partial charge on any atom is -0.396 e. The van der Waals surface area contributed by atoms with Crippen LogP contribution in [0.1, 0.15) is 18.0 Å². The number of nitrogens with zero attached hydrogens (tertiary/aromatic N) is 3. The number of aromatic nitrogens is 4. The molecule has 0 radical (unpaired) electrons. The van der Waals surface area contributed by atoms with Crippen LogP contribution in [0.5, 0.6) is 0 Å². The van der Waals surface area contributed by atoms with Crippen LogP contribution in [-0.2, 0) is 20.0 Å². The van der Waals surface area contributed by atoms with E-state index in [1.807, 2.05) is 30.3 Å². The molecule has 4 rings (SSSR count). The average Bonchev–Trinajstić information content (AvgIpc) is 3.12. The second kappa shape index (κ2) is 8.89. The summed E-state index contributed by atoms with van der Waals surface area (Å²) in [6, 6.07) is 9.23. The third kappa shape index (κ3) is 4.70. The molecule has 2 aromatic heterocycles. The van der Waals surface area contributed by atoms with Crippen LogP contribution in [-0.4, -0.2) is 49.3 Å². The predicted octanol–water partition coefficient (Wildman–Crippen LogP) is 1.25. The van der Waals surface area contributed by atoms with Crippen molar-refractivity contribution in [1.82, 2.24) is 19.5 Å². The molecule has 1 aliphatic rings. The maximum atomic E-state index is 12.3. The van der Waals surface area contributed by atoms with E-state index in [4.69, 9.17) is 14.8 Å². The first-order valence-corrected chi connectivity index (χ1v) is 11.4. The molecule has 31 heavy (non-hydrogen) atoms. The molecule has 4 atom stereocenters. The summed E-state index contributed by atoms with van der Waals surface area (Å²) in [6.07, 6.45) is 2.53. The number of fused-ring (bicyclic) bond motifs is 1. The first-order valence-electron chi connectivity index (χ1n) is 9.87. The molecule has 2 heterocycles. The van der Waals surface area contributed by atoms with Gasteiger partial charge in [0, 0.05) is 18.6 Å². The quantitative estimate of drug-likeness (QED) is 0.352. The van der Waals surface area contributed by atoms with Gasteiger partial charge < -0.3 is 20.3 Å². The van der Waals surface area contributed by atoms with Crippen LogP contribution < -0.4 is 11.3 Å². The van der Waals surface area contributed by atoms with Gasteiger partial charge in [0.2, 0.25) is 5.95 Å². The second-order valence-corrected chi connectivity index (χ2v) is 8.97. The maximum Gasteiger partial charge on any atom is 0.472 e. The summed E-state index contributed by atoms with van der Waals surface area (Å²) in [5.41, 5.74) is 6.65. The number of rotatable bonds is 9. The number of benzene rings is 1. The molecule has 1 fully saturated rings. The Labute approximate surface area is 177 Å². The molecule has 1 saturated carbocycles. The fraction of sp³-hybridized carbons (Fsp3) is 0.421. The first kappa shape index (κ1) is 21.7. The van der Waals surface area contributed by atoms with Gasteiger partial charge in [-0.2, -0.15) is 4.98 Å². The maximum absolute atomic E-state index is 12.3. The van der Waals surface area contributed by atoms with Gasteiger partial charge in [-0.3, -0.25) is 18.8 Å². The number of hydrogen-bond acceptors (Lipinski definition) is 8. The number of aliphatic hydroxyl groups excluding tert-OH is 1. The van der Waals surface area contributed by atoms with E-state index in [-0.39, 0.29) is 49.2 Å². The van der Waals surface area contributed by atoms with Crippen molar-refractivity contribution in [1.29, 1.82) is 0 Å². The Hall–Kier alpha value is -2.56. The van der Waals surface area contributed by atoms with Crippen LogP contribution in [0.3, 0.4) is 0 Å². The summed E-state index contributed by atoms with van der Waals surface area (Å²) < 4.78 is 24.3. The molecule has 0 amide bonds. The van der Waals surface area contributed by atoms with Crippen LogP contribution in [0.4, 0.5) is 5.95 Å². The van der Waals surface area contributed by atoms with Crippen LogP contribution in [0.15, 0.2) is 41.5 Å². The van der Waals surface area contributed by atoms with E-state index in [9.17, 15) is 19.4 Å². The Morgan fingerprint density at radius 2 is 2.06 bits per heavy atom. The van der Waals surface area contributed by atoms with Crippen LogP contribution in [0, 0.1) is 11.8 Å². The summed E-state index contributed by atoms with van der Waals surface area (Å²) in [6.45, 7) is -0.168. The van der Waals surface area contributed by atoms with Crippen LogP contribution >= 0.6 is 7.82 Å². The summed E-state index contributed by atoms with van der Waals surface area (Å²) in [5, 5.41) is 9.64. The van der Waals surface area contributed by atoms with E-state index in [0.717, 1.165) is 5.56 Å². The van der Waals surface area contributed by atoms with E-state index in [1.165, 1.54) is 6.33 Å². The third-order valence-electron chi connectivity index (χ3n) is 5.60. The smallest absolute Gasteiger partial charge is 0.396 e. The summed E-state index contributed by atoms with van der Waals surface area (Å²) >= 11 is 0. The molecule has 11 nitrogen and oxygen atoms in total. The number of hydrogen-bond donors (Lipinski definition) is 4. The van der Waals surface area contributed by atoms with Gasteiger partial charge >= 0.3 is 7.82 Å². The topological polar surface area (TPSA) is 166 Å². The molecule has 1 aromatic carbocycles. The molecule has 1 aliphatic carbocycles. The van der Waals surface area contributed by atoms with Crippen molar-refractivity contribution >= 4 is 24.9 Å². The molecule has 1 unspecified atom stereocenters. The summed E-state index contributed by atoms with van der Waals surface area (Å²) in [7, 11) is -4.26. The highest BCUT2D eigenvalue weighted by molar-refractivity contribution is 7.47. The number of phosphoric ester groups is 1. The van der Waals surface area contributed by atoms with Gasteiger partial charge in [-0.15, -0.1) is 0 Å².